The molecule has 28 heavy (non-hydrogen) atoms. The smallest absolute Gasteiger partial charge is 0.253 e. The molecule has 0 saturated heterocycles. The van der Waals surface area contributed by atoms with Gasteiger partial charge in [0.25, 0.3) is 35.4 Å². The summed E-state index contributed by atoms with van der Waals surface area (Å²) in [5.41, 5.74) is 0. The molecular weight excluding hydrogens is 366 g/mol. The molecule has 0 spiro atoms. The Morgan fingerprint density at radius 3 is 0.893 bits per heavy atom. The average Bonchev–Trinajstić information content (AvgIpc) is 3.27. The van der Waals surface area contributed by atoms with Crippen LogP contribution in [-0.4, -0.2) is 69.8 Å². The number of imide groups is 3. The van der Waals surface area contributed by atoms with Crippen molar-refractivity contribution in [2.75, 3.05) is 19.6 Å². The van der Waals surface area contributed by atoms with E-state index in [1.165, 1.54) is 36.5 Å². The van der Waals surface area contributed by atoms with E-state index in [2.05, 4.69) is 0 Å². The van der Waals surface area contributed by atoms with Crippen LogP contribution in [0.4, 0.5) is 0 Å². The van der Waals surface area contributed by atoms with Crippen LogP contribution >= 0.6 is 0 Å². The minimum Gasteiger partial charge on any atom is -0.275 e. The predicted octanol–water partition coefficient (Wildman–Crippen LogP) is -0.452. The van der Waals surface area contributed by atoms with Crippen molar-refractivity contribution in [1.82, 2.24) is 14.7 Å². The maximum Gasteiger partial charge on any atom is 0.253 e. The first-order chi connectivity index (χ1) is 13.4. The third-order valence-electron chi connectivity index (χ3n) is 4.98. The van der Waals surface area contributed by atoms with Crippen LogP contribution in [0.5, 0.6) is 0 Å². The second-order valence-electron chi connectivity index (χ2n) is 6.72. The number of hydrogen-bond donors (Lipinski definition) is 0. The van der Waals surface area contributed by atoms with E-state index in [0.29, 0.717) is 19.3 Å². The summed E-state index contributed by atoms with van der Waals surface area (Å²) in [4.78, 5) is 73.6. The fraction of sp³-hybridized carbons (Fsp3) is 0.368. The first-order valence-electron chi connectivity index (χ1n) is 8.97. The van der Waals surface area contributed by atoms with Crippen LogP contribution in [0.3, 0.4) is 0 Å². The molecule has 0 radical (unpaired) electrons. The molecule has 0 saturated carbocycles. The normalized spacial score (nSPS) is 19.0. The zero-order valence-corrected chi connectivity index (χ0v) is 15.1. The number of rotatable bonds is 9. The molecule has 0 atom stereocenters. The van der Waals surface area contributed by atoms with Crippen molar-refractivity contribution in [2.24, 2.45) is 5.92 Å². The van der Waals surface area contributed by atoms with Crippen LogP contribution in [0.15, 0.2) is 36.5 Å². The standard InChI is InChI=1S/C19H19N3O6/c23-14-1-2-15(24)20(14)10-7-13(8-11-21-16(25)3-4-17(21)26)9-12-22-18(27)5-6-19(22)28/h1-6,13H,7-12H2. The van der Waals surface area contributed by atoms with Gasteiger partial charge < -0.3 is 0 Å². The van der Waals surface area contributed by atoms with Gasteiger partial charge in [-0.15, -0.1) is 0 Å². The molecule has 3 aliphatic rings. The number of carbonyl (C=O) groups is 6. The minimum absolute atomic E-state index is 0.108. The van der Waals surface area contributed by atoms with Gasteiger partial charge in [-0.1, -0.05) is 0 Å². The molecule has 0 aromatic carbocycles. The van der Waals surface area contributed by atoms with Gasteiger partial charge in [0, 0.05) is 56.1 Å². The molecule has 3 heterocycles. The van der Waals surface area contributed by atoms with Gasteiger partial charge in [0.05, 0.1) is 0 Å². The topological polar surface area (TPSA) is 112 Å². The number of nitrogens with zero attached hydrogens (tertiary/aromatic N) is 3. The van der Waals surface area contributed by atoms with E-state index in [-0.39, 0.29) is 61.0 Å². The Bertz CT molecular complexity index is 677. The predicted molar refractivity (Wildman–Crippen MR) is 94.9 cm³/mol. The molecule has 0 N–H and O–H groups in total. The average molecular weight is 385 g/mol. The summed E-state index contributed by atoms with van der Waals surface area (Å²) in [6.45, 7) is 0.570. The molecule has 3 aliphatic heterocycles. The third kappa shape index (κ3) is 4.13. The Morgan fingerprint density at radius 2 is 0.679 bits per heavy atom. The van der Waals surface area contributed by atoms with Gasteiger partial charge >= 0.3 is 0 Å². The van der Waals surface area contributed by atoms with Crippen molar-refractivity contribution in [3.05, 3.63) is 36.5 Å². The van der Waals surface area contributed by atoms with Crippen molar-refractivity contribution in [2.45, 2.75) is 19.3 Å². The molecule has 9 nitrogen and oxygen atoms in total. The molecule has 0 unspecified atom stereocenters. The Morgan fingerprint density at radius 1 is 0.464 bits per heavy atom. The molecule has 9 heteroatoms. The van der Waals surface area contributed by atoms with E-state index in [4.69, 9.17) is 0 Å². The van der Waals surface area contributed by atoms with Crippen LogP contribution in [0.1, 0.15) is 19.3 Å². The molecule has 0 aromatic rings. The molecule has 6 amide bonds. The summed E-state index contributed by atoms with van der Waals surface area (Å²) >= 11 is 0. The lowest BCUT2D eigenvalue weighted by molar-refractivity contribution is -0.138. The van der Waals surface area contributed by atoms with E-state index in [1.807, 2.05) is 0 Å². The summed E-state index contributed by atoms with van der Waals surface area (Å²) in [5.74, 6) is -2.40. The van der Waals surface area contributed by atoms with Crippen LogP contribution in [0, 0.1) is 5.92 Å². The van der Waals surface area contributed by atoms with Gasteiger partial charge in [0.15, 0.2) is 0 Å². The lowest BCUT2D eigenvalue weighted by atomic mass is 9.96. The van der Waals surface area contributed by atoms with Crippen LogP contribution in [0.2, 0.25) is 0 Å². The van der Waals surface area contributed by atoms with Crippen LogP contribution < -0.4 is 0 Å². The van der Waals surface area contributed by atoms with Crippen molar-refractivity contribution in [3.63, 3.8) is 0 Å². The van der Waals surface area contributed by atoms with Gasteiger partial charge in [-0.25, -0.2) is 0 Å². The first kappa shape index (κ1) is 19.4. The molecule has 0 aromatic heterocycles. The monoisotopic (exact) mass is 385 g/mol. The summed E-state index contributed by atoms with van der Waals surface area (Å²) in [6, 6.07) is 0. The van der Waals surface area contributed by atoms with Crippen molar-refractivity contribution in [1.29, 1.82) is 0 Å². The Kier molecular flexibility index (Phi) is 5.62. The van der Waals surface area contributed by atoms with Gasteiger partial charge in [0.2, 0.25) is 0 Å². The SMILES string of the molecule is O=C1C=CC(=O)N1CCC(CCN1C(=O)C=CC1=O)CCN1C(=O)C=CC1=O. The van der Waals surface area contributed by atoms with Gasteiger partial charge in [0.1, 0.15) is 0 Å². The van der Waals surface area contributed by atoms with Crippen molar-refractivity contribution in [3.8, 4) is 0 Å². The zero-order chi connectivity index (χ0) is 20.3. The van der Waals surface area contributed by atoms with E-state index in [9.17, 15) is 28.8 Å². The summed E-state index contributed by atoms with van der Waals surface area (Å²) in [7, 11) is 0. The lowest BCUT2D eigenvalue weighted by Crippen LogP contribution is -2.36. The maximum atomic E-state index is 11.7. The van der Waals surface area contributed by atoms with Gasteiger partial charge in [-0.2, -0.15) is 0 Å². The molecule has 146 valence electrons. The van der Waals surface area contributed by atoms with E-state index in [1.54, 1.807) is 0 Å². The highest BCUT2D eigenvalue weighted by molar-refractivity contribution is 6.14. The number of amides is 6. The fourth-order valence-electron chi connectivity index (χ4n) is 3.32. The van der Waals surface area contributed by atoms with Gasteiger partial charge in [-0.05, 0) is 25.2 Å². The summed E-state index contributed by atoms with van der Waals surface area (Å²) < 4.78 is 0. The lowest BCUT2D eigenvalue weighted by Gasteiger charge is -2.24. The number of hydrogen-bond acceptors (Lipinski definition) is 6. The van der Waals surface area contributed by atoms with E-state index in [0.717, 1.165) is 14.7 Å². The fourth-order valence-corrected chi connectivity index (χ4v) is 3.32. The molecular formula is C19H19N3O6. The highest BCUT2D eigenvalue weighted by atomic mass is 16.2. The highest BCUT2D eigenvalue weighted by Crippen LogP contribution is 2.20. The third-order valence-corrected chi connectivity index (χ3v) is 4.98. The molecule has 0 bridgehead atoms. The number of carbonyl (C=O) groups excluding carboxylic acids is 6. The molecule has 3 rings (SSSR count). The largest absolute Gasteiger partial charge is 0.275 e. The summed E-state index contributed by atoms with van der Waals surface area (Å²) in [5, 5.41) is 0. The van der Waals surface area contributed by atoms with Crippen LogP contribution in [0.25, 0.3) is 0 Å². The Labute approximate surface area is 160 Å². The van der Waals surface area contributed by atoms with E-state index < -0.39 is 0 Å². The van der Waals surface area contributed by atoms with Crippen molar-refractivity contribution < 1.29 is 28.8 Å². The highest BCUT2D eigenvalue weighted by Gasteiger charge is 2.28. The van der Waals surface area contributed by atoms with E-state index >= 15 is 0 Å². The first-order valence-corrected chi connectivity index (χ1v) is 8.97. The van der Waals surface area contributed by atoms with Crippen molar-refractivity contribution >= 4 is 35.4 Å². The second kappa shape index (κ2) is 8.12. The quantitative estimate of drug-likeness (QED) is 0.497. The minimum atomic E-state index is -0.382. The Balaban J connectivity index is 1.58. The molecule has 0 aliphatic carbocycles. The zero-order valence-electron chi connectivity index (χ0n) is 15.1. The van der Waals surface area contributed by atoms with Crippen LogP contribution in [-0.2, 0) is 28.8 Å². The second-order valence-corrected chi connectivity index (χ2v) is 6.72. The summed E-state index contributed by atoms with van der Waals surface area (Å²) in [6.07, 6.45) is 8.55. The molecule has 0 fully saturated rings. The maximum absolute atomic E-state index is 11.7. The Hall–Kier alpha value is -3.36. The van der Waals surface area contributed by atoms with Gasteiger partial charge in [-0.3, -0.25) is 43.5 Å².